The lowest BCUT2D eigenvalue weighted by Gasteiger charge is -2.07. The van der Waals surface area contributed by atoms with Gasteiger partial charge in [0.25, 0.3) is 0 Å². The summed E-state index contributed by atoms with van der Waals surface area (Å²) < 4.78 is 6.95. The van der Waals surface area contributed by atoms with Gasteiger partial charge in [-0.2, -0.15) is 0 Å². The number of fused-ring (bicyclic) bond motifs is 1. The zero-order chi connectivity index (χ0) is 12.4. The van der Waals surface area contributed by atoms with Gasteiger partial charge in [0.2, 0.25) is 0 Å². The topological polar surface area (TPSA) is 57.0 Å². The molecule has 0 aliphatic carbocycles. The van der Waals surface area contributed by atoms with Gasteiger partial charge in [0, 0.05) is 12.2 Å². The van der Waals surface area contributed by atoms with Crippen LogP contribution in [-0.2, 0) is 4.74 Å². The summed E-state index contributed by atoms with van der Waals surface area (Å²) in [4.78, 5) is 20.0. The Balaban J connectivity index is 2.55. The number of hydrogen-bond donors (Lipinski definition) is 0. The number of carbonyl (C=O) groups is 1. The van der Waals surface area contributed by atoms with Crippen molar-refractivity contribution in [3.05, 3.63) is 24.3 Å². The minimum absolute atomic E-state index is 0.281. The molecule has 0 amide bonds. The van der Waals surface area contributed by atoms with Crippen LogP contribution in [0, 0.1) is 0 Å². The molecular weight excluding hydrogens is 218 g/mol. The highest BCUT2D eigenvalue weighted by Crippen LogP contribution is 2.19. The quantitative estimate of drug-likeness (QED) is 0.762. The average Bonchev–Trinajstić information content (AvgIpc) is 2.72. The molecule has 90 valence electrons. The number of pyridine rings is 1. The highest BCUT2D eigenvalue weighted by molar-refractivity contribution is 5.99. The fourth-order valence-electron chi connectivity index (χ4n) is 1.72. The third kappa shape index (κ3) is 2.00. The zero-order valence-electron chi connectivity index (χ0n) is 10.2. The molecular formula is C12H15N3O2. The summed E-state index contributed by atoms with van der Waals surface area (Å²) in [7, 11) is 0. The molecule has 0 N–H and O–H groups in total. The van der Waals surface area contributed by atoms with Crippen LogP contribution in [-0.4, -0.2) is 27.1 Å². The van der Waals surface area contributed by atoms with Crippen LogP contribution < -0.4 is 0 Å². The first-order valence-electron chi connectivity index (χ1n) is 5.63. The molecule has 2 aromatic heterocycles. The number of nitrogens with zero attached hydrogens (tertiary/aromatic N) is 3. The molecule has 2 aromatic rings. The summed E-state index contributed by atoms with van der Waals surface area (Å²) in [5.41, 5.74) is 1.78. The molecule has 0 fully saturated rings. The number of aromatic nitrogens is 3. The van der Waals surface area contributed by atoms with E-state index < -0.39 is 5.97 Å². The van der Waals surface area contributed by atoms with Crippen molar-refractivity contribution in [2.24, 2.45) is 0 Å². The second-order valence-corrected chi connectivity index (χ2v) is 3.99. The number of hydrogen-bond acceptors (Lipinski definition) is 4. The fourth-order valence-corrected chi connectivity index (χ4v) is 1.72. The van der Waals surface area contributed by atoms with Gasteiger partial charge >= 0.3 is 5.97 Å². The van der Waals surface area contributed by atoms with Gasteiger partial charge in [-0.05, 0) is 26.8 Å². The monoisotopic (exact) mass is 233 g/mol. The Morgan fingerprint density at radius 1 is 1.47 bits per heavy atom. The van der Waals surface area contributed by atoms with Crippen molar-refractivity contribution < 1.29 is 9.53 Å². The minimum atomic E-state index is -0.424. The summed E-state index contributed by atoms with van der Waals surface area (Å²) in [6.45, 7) is 6.23. The van der Waals surface area contributed by atoms with E-state index in [1.807, 2.05) is 10.6 Å². The molecule has 0 spiro atoms. The largest absolute Gasteiger partial charge is 0.461 e. The van der Waals surface area contributed by atoms with E-state index in [2.05, 4.69) is 23.8 Å². The SMILES string of the molecule is CCOC(=O)c1nccc2c1ncn2C(C)C. The first-order chi connectivity index (χ1) is 8.15. The Bertz CT molecular complexity index is 546. The van der Waals surface area contributed by atoms with E-state index in [1.54, 1.807) is 19.4 Å². The van der Waals surface area contributed by atoms with Crippen molar-refractivity contribution in [1.29, 1.82) is 0 Å². The first-order valence-corrected chi connectivity index (χ1v) is 5.63. The molecule has 5 nitrogen and oxygen atoms in total. The average molecular weight is 233 g/mol. The van der Waals surface area contributed by atoms with Crippen LogP contribution in [0.25, 0.3) is 11.0 Å². The summed E-state index contributed by atoms with van der Waals surface area (Å²) in [5.74, 6) is -0.424. The van der Waals surface area contributed by atoms with E-state index in [9.17, 15) is 4.79 Å². The van der Waals surface area contributed by atoms with E-state index in [0.717, 1.165) is 5.52 Å². The van der Waals surface area contributed by atoms with Crippen molar-refractivity contribution in [2.75, 3.05) is 6.61 Å². The Morgan fingerprint density at radius 3 is 2.88 bits per heavy atom. The highest BCUT2D eigenvalue weighted by Gasteiger charge is 2.16. The van der Waals surface area contributed by atoms with Crippen LogP contribution in [0.2, 0.25) is 0 Å². The summed E-state index contributed by atoms with van der Waals surface area (Å²) >= 11 is 0. The fraction of sp³-hybridized carbons (Fsp3) is 0.417. The third-order valence-electron chi connectivity index (χ3n) is 2.52. The van der Waals surface area contributed by atoms with Crippen molar-refractivity contribution in [2.45, 2.75) is 26.8 Å². The van der Waals surface area contributed by atoms with Gasteiger partial charge in [-0.1, -0.05) is 0 Å². The molecule has 0 aliphatic heterocycles. The van der Waals surface area contributed by atoms with Crippen LogP contribution in [0.15, 0.2) is 18.6 Å². The van der Waals surface area contributed by atoms with Gasteiger partial charge < -0.3 is 9.30 Å². The highest BCUT2D eigenvalue weighted by atomic mass is 16.5. The predicted molar refractivity (Wildman–Crippen MR) is 63.9 cm³/mol. The second kappa shape index (κ2) is 4.53. The minimum Gasteiger partial charge on any atom is -0.461 e. The molecule has 0 unspecified atom stereocenters. The maximum Gasteiger partial charge on any atom is 0.359 e. The lowest BCUT2D eigenvalue weighted by atomic mass is 10.3. The van der Waals surface area contributed by atoms with Crippen molar-refractivity contribution in [1.82, 2.24) is 14.5 Å². The molecule has 2 rings (SSSR count). The van der Waals surface area contributed by atoms with Gasteiger partial charge in [-0.25, -0.2) is 14.8 Å². The van der Waals surface area contributed by atoms with Crippen LogP contribution in [0.5, 0.6) is 0 Å². The van der Waals surface area contributed by atoms with E-state index in [0.29, 0.717) is 12.1 Å². The summed E-state index contributed by atoms with van der Waals surface area (Å²) in [6, 6.07) is 2.14. The lowest BCUT2D eigenvalue weighted by molar-refractivity contribution is 0.0522. The number of carbonyl (C=O) groups excluding carboxylic acids is 1. The van der Waals surface area contributed by atoms with Crippen LogP contribution in [0.4, 0.5) is 0 Å². The smallest absolute Gasteiger partial charge is 0.359 e. The summed E-state index contributed by atoms with van der Waals surface area (Å²) in [6.07, 6.45) is 3.33. The molecule has 0 saturated heterocycles. The van der Waals surface area contributed by atoms with Crippen LogP contribution in [0.3, 0.4) is 0 Å². The molecule has 0 aliphatic rings. The van der Waals surface area contributed by atoms with E-state index in [-0.39, 0.29) is 11.7 Å². The molecule has 5 heteroatoms. The Morgan fingerprint density at radius 2 is 2.24 bits per heavy atom. The maximum absolute atomic E-state index is 11.7. The molecule has 0 saturated carbocycles. The predicted octanol–water partition coefficient (Wildman–Crippen LogP) is 2.19. The molecule has 0 atom stereocenters. The molecule has 0 aromatic carbocycles. The van der Waals surface area contributed by atoms with Crippen LogP contribution >= 0.6 is 0 Å². The van der Waals surface area contributed by atoms with Gasteiger partial charge in [-0.3, -0.25) is 0 Å². The molecule has 2 heterocycles. The van der Waals surface area contributed by atoms with Gasteiger partial charge in [0.05, 0.1) is 18.5 Å². The van der Waals surface area contributed by atoms with Gasteiger partial charge in [0.1, 0.15) is 5.52 Å². The Hall–Kier alpha value is -1.91. The standard InChI is InChI=1S/C12H15N3O2/c1-4-17-12(16)11-10-9(5-6-13-11)15(7-14-10)8(2)3/h5-8H,4H2,1-3H3. The Labute approximate surface area is 99.4 Å². The van der Waals surface area contributed by atoms with Crippen molar-refractivity contribution in [3.63, 3.8) is 0 Å². The second-order valence-electron chi connectivity index (χ2n) is 3.99. The molecule has 17 heavy (non-hydrogen) atoms. The summed E-state index contributed by atoms with van der Waals surface area (Å²) in [5, 5.41) is 0. The third-order valence-corrected chi connectivity index (χ3v) is 2.52. The maximum atomic E-state index is 11.7. The van der Waals surface area contributed by atoms with Crippen molar-refractivity contribution in [3.8, 4) is 0 Å². The normalized spacial score (nSPS) is 11.1. The van der Waals surface area contributed by atoms with Crippen LogP contribution in [0.1, 0.15) is 37.3 Å². The van der Waals surface area contributed by atoms with Gasteiger partial charge in [0.15, 0.2) is 5.69 Å². The van der Waals surface area contributed by atoms with E-state index in [4.69, 9.17) is 4.74 Å². The van der Waals surface area contributed by atoms with E-state index >= 15 is 0 Å². The van der Waals surface area contributed by atoms with Crippen molar-refractivity contribution >= 4 is 17.0 Å². The zero-order valence-corrected chi connectivity index (χ0v) is 10.2. The molecule has 0 bridgehead atoms. The Kier molecular flexibility index (Phi) is 3.08. The number of ether oxygens (including phenoxy) is 1. The van der Waals surface area contributed by atoms with Gasteiger partial charge in [-0.15, -0.1) is 0 Å². The lowest BCUT2D eigenvalue weighted by Crippen LogP contribution is -2.08. The van der Waals surface area contributed by atoms with E-state index in [1.165, 1.54) is 0 Å². The number of imidazole rings is 1. The number of rotatable bonds is 3. The molecule has 0 radical (unpaired) electrons. The number of esters is 1. The first kappa shape index (κ1) is 11.6.